The number of hydrogen-bond acceptors (Lipinski definition) is 7. The quantitative estimate of drug-likeness (QED) is 0.692. The van der Waals surface area contributed by atoms with E-state index in [1.165, 1.54) is 0 Å². The van der Waals surface area contributed by atoms with Crippen LogP contribution < -0.4 is 27.7 Å². The second-order valence-electron chi connectivity index (χ2n) is 8.59. The maximum Gasteiger partial charge on any atom is 0.350 e. The van der Waals surface area contributed by atoms with Gasteiger partial charge in [-0.05, 0) is 38.5 Å². The summed E-state index contributed by atoms with van der Waals surface area (Å²) in [5.74, 6) is 6.40. The van der Waals surface area contributed by atoms with Crippen LogP contribution in [0.1, 0.15) is 38.3 Å². The summed E-state index contributed by atoms with van der Waals surface area (Å²) in [5, 5.41) is 0. The van der Waals surface area contributed by atoms with E-state index in [1.807, 2.05) is 13.8 Å². The van der Waals surface area contributed by atoms with Crippen molar-refractivity contribution in [1.82, 2.24) is 14.2 Å². The summed E-state index contributed by atoms with van der Waals surface area (Å²) in [5.41, 5.74) is 8.09. The lowest BCUT2D eigenvalue weighted by molar-refractivity contribution is 0.0727. The van der Waals surface area contributed by atoms with Gasteiger partial charge in [0.05, 0.1) is 23.5 Å². The molecule has 2 aliphatic rings. The molecule has 0 bridgehead atoms. The van der Waals surface area contributed by atoms with E-state index < -0.39 is 11.2 Å². The number of aromatic nitrogens is 3. The van der Waals surface area contributed by atoms with Gasteiger partial charge in [0.2, 0.25) is 0 Å². The lowest BCUT2D eigenvalue weighted by Crippen LogP contribution is -2.45. The zero-order valence-electron chi connectivity index (χ0n) is 17.5. The van der Waals surface area contributed by atoms with Gasteiger partial charge in [-0.3, -0.25) is 9.36 Å². The van der Waals surface area contributed by atoms with Crippen LogP contribution >= 0.6 is 0 Å². The van der Waals surface area contributed by atoms with Gasteiger partial charge in [-0.2, -0.15) is 4.68 Å². The van der Waals surface area contributed by atoms with Crippen molar-refractivity contribution in [1.29, 1.82) is 0 Å². The highest BCUT2D eigenvalue weighted by Crippen LogP contribution is 2.38. The SMILES string of the molecule is COC(C)C(N)C1CN(c2cnc3c(=O)n(N)c(=O)n(C4CC4)c3c2C)CC1C. The third kappa shape index (κ3) is 3.12. The van der Waals surface area contributed by atoms with Crippen molar-refractivity contribution in [2.45, 2.75) is 51.8 Å². The summed E-state index contributed by atoms with van der Waals surface area (Å²) < 4.78 is 7.76. The first kappa shape index (κ1) is 19.9. The van der Waals surface area contributed by atoms with E-state index in [-0.39, 0.29) is 29.6 Å². The lowest BCUT2D eigenvalue weighted by Gasteiger charge is -2.27. The van der Waals surface area contributed by atoms with Crippen molar-refractivity contribution in [2.75, 3.05) is 30.9 Å². The van der Waals surface area contributed by atoms with Crippen molar-refractivity contribution in [2.24, 2.45) is 17.6 Å². The van der Waals surface area contributed by atoms with Crippen LogP contribution in [-0.2, 0) is 4.74 Å². The van der Waals surface area contributed by atoms with E-state index in [2.05, 4.69) is 16.8 Å². The van der Waals surface area contributed by atoms with Gasteiger partial charge < -0.3 is 21.2 Å². The molecule has 2 aromatic rings. The maximum absolute atomic E-state index is 12.7. The molecule has 4 unspecified atom stereocenters. The highest BCUT2D eigenvalue weighted by atomic mass is 16.5. The van der Waals surface area contributed by atoms with Crippen molar-refractivity contribution < 1.29 is 4.74 Å². The topological polar surface area (TPSA) is 121 Å². The Morgan fingerprint density at radius 2 is 1.97 bits per heavy atom. The molecule has 1 saturated heterocycles. The van der Waals surface area contributed by atoms with Crippen LogP contribution in [0.25, 0.3) is 11.0 Å². The molecular formula is C20H30N6O3. The molecule has 4 N–H and O–H groups in total. The lowest BCUT2D eigenvalue weighted by atomic mass is 9.88. The summed E-state index contributed by atoms with van der Waals surface area (Å²) in [4.78, 5) is 31.9. The summed E-state index contributed by atoms with van der Waals surface area (Å²) >= 11 is 0. The van der Waals surface area contributed by atoms with Crippen molar-refractivity contribution in [3.63, 3.8) is 0 Å². The molecule has 2 aromatic heterocycles. The number of aryl methyl sites for hydroxylation is 1. The largest absolute Gasteiger partial charge is 0.380 e. The minimum atomic E-state index is -0.555. The molecule has 158 valence electrons. The van der Waals surface area contributed by atoms with Crippen molar-refractivity contribution in [3.8, 4) is 0 Å². The molecule has 0 radical (unpaired) electrons. The number of hydrogen-bond donors (Lipinski definition) is 2. The Labute approximate surface area is 169 Å². The van der Waals surface area contributed by atoms with Gasteiger partial charge in [-0.15, -0.1) is 0 Å². The molecule has 29 heavy (non-hydrogen) atoms. The second-order valence-corrected chi connectivity index (χ2v) is 8.59. The summed E-state index contributed by atoms with van der Waals surface area (Å²) in [6, 6.07) is 0.0141. The van der Waals surface area contributed by atoms with E-state index in [0.717, 1.165) is 37.2 Å². The highest BCUT2D eigenvalue weighted by molar-refractivity contribution is 5.83. The fraction of sp³-hybridized carbons (Fsp3) is 0.650. The standard InChI is InChI=1S/C20H30N6O3/c1-10-8-24(9-14(10)16(21)12(3)29-4)15-7-23-17-18(11(15)2)25(13-5-6-13)20(28)26(22)19(17)27/h7,10,12-14,16H,5-6,8-9,21-22H2,1-4H3. The minimum absolute atomic E-state index is 0.0266. The molecule has 0 aromatic carbocycles. The molecule has 9 nitrogen and oxygen atoms in total. The molecule has 1 saturated carbocycles. The van der Waals surface area contributed by atoms with E-state index in [0.29, 0.717) is 16.1 Å². The predicted molar refractivity (Wildman–Crippen MR) is 113 cm³/mol. The number of nitrogens with zero attached hydrogens (tertiary/aromatic N) is 4. The maximum atomic E-state index is 12.7. The van der Waals surface area contributed by atoms with Crippen molar-refractivity contribution >= 4 is 16.7 Å². The van der Waals surface area contributed by atoms with Gasteiger partial charge in [-0.1, -0.05) is 6.92 Å². The minimum Gasteiger partial charge on any atom is -0.380 e. The van der Waals surface area contributed by atoms with Gasteiger partial charge in [0.25, 0.3) is 0 Å². The number of anilines is 1. The molecule has 9 heteroatoms. The van der Waals surface area contributed by atoms with E-state index in [4.69, 9.17) is 16.3 Å². The number of methoxy groups -OCH3 is 1. The van der Waals surface area contributed by atoms with Crippen LogP contribution in [0.15, 0.2) is 15.8 Å². The third-order valence-electron chi connectivity index (χ3n) is 6.69. The zero-order chi connectivity index (χ0) is 21.0. The Bertz CT molecular complexity index is 1060. The number of pyridine rings is 1. The number of rotatable bonds is 5. The smallest absolute Gasteiger partial charge is 0.350 e. The van der Waals surface area contributed by atoms with E-state index >= 15 is 0 Å². The molecular weight excluding hydrogens is 372 g/mol. The average Bonchev–Trinajstić information content (AvgIpc) is 3.47. The zero-order valence-corrected chi connectivity index (χ0v) is 17.5. The highest BCUT2D eigenvalue weighted by Gasteiger charge is 2.37. The number of fused-ring (bicyclic) bond motifs is 1. The van der Waals surface area contributed by atoms with Crippen LogP contribution in [0.2, 0.25) is 0 Å². The first-order chi connectivity index (χ1) is 13.8. The Morgan fingerprint density at radius 3 is 2.59 bits per heavy atom. The summed E-state index contributed by atoms with van der Waals surface area (Å²) in [6.45, 7) is 7.77. The van der Waals surface area contributed by atoms with Gasteiger partial charge in [0, 0.05) is 37.8 Å². The molecule has 1 aliphatic heterocycles. The first-order valence-electron chi connectivity index (χ1n) is 10.2. The Balaban J connectivity index is 1.79. The molecule has 0 spiro atoms. The Kier molecular flexibility index (Phi) is 4.90. The molecule has 1 aliphatic carbocycles. The average molecular weight is 402 g/mol. The number of nitrogen functional groups attached to an aromatic ring is 1. The van der Waals surface area contributed by atoms with E-state index in [9.17, 15) is 9.59 Å². The monoisotopic (exact) mass is 402 g/mol. The molecule has 2 fully saturated rings. The van der Waals surface area contributed by atoms with Gasteiger partial charge >= 0.3 is 11.2 Å². The third-order valence-corrected chi connectivity index (χ3v) is 6.69. The van der Waals surface area contributed by atoms with Crippen molar-refractivity contribution in [3.05, 3.63) is 32.6 Å². The van der Waals surface area contributed by atoms with Gasteiger partial charge in [0.1, 0.15) is 0 Å². The fourth-order valence-electron chi connectivity index (χ4n) is 4.63. The van der Waals surface area contributed by atoms with Crippen LogP contribution in [0.4, 0.5) is 5.69 Å². The molecule has 4 rings (SSSR count). The van der Waals surface area contributed by atoms with Crippen LogP contribution in [0, 0.1) is 18.8 Å². The van der Waals surface area contributed by atoms with Gasteiger partial charge in [0.15, 0.2) is 5.52 Å². The molecule has 4 atom stereocenters. The number of ether oxygens (including phenoxy) is 1. The Hall–Kier alpha value is -2.39. The van der Waals surface area contributed by atoms with Crippen LogP contribution in [0.5, 0.6) is 0 Å². The normalized spacial score (nSPS) is 24.2. The van der Waals surface area contributed by atoms with Crippen LogP contribution in [0.3, 0.4) is 0 Å². The van der Waals surface area contributed by atoms with E-state index in [1.54, 1.807) is 17.9 Å². The van der Waals surface area contributed by atoms with Crippen LogP contribution in [-0.4, -0.2) is 46.6 Å². The first-order valence-corrected chi connectivity index (χ1v) is 10.2. The summed E-state index contributed by atoms with van der Waals surface area (Å²) in [7, 11) is 1.68. The second kappa shape index (κ2) is 7.14. The fourth-order valence-corrected chi connectivity index (χ4v) is 4.63. The summed E-state index contributed by atoms with van der Waals surface area (Å²) in [6.07, 6.45) is 3.51. The number of nitrogens with two attached hydrogens (primary N) is 2. The molecule has 3 heterocycles. The van der Waals surface area contributed by atoms with Gasteiger partial charge in [-0.25, -0.2) is 9.78 Å². The Morgan fingerprint density at radius 1 is 1.28 bits per heavy atom. The molecule has 0 amide bonds. The predicted octanol–water partition coefficient (Wildman–Crippen LogP) is 0.350.